The molecular formula is C23H33N3O6Si. The molecule has 1 aliphatic rings. The van der Waals surface area contributed by atoms with Gasteiger partial charge in [-0.2, -0.15) is 4.98 Å². The molecule has 33 heavy (non-hydrogen) atoms. The summed E-state index contributed by atoms with van der Waals surface area (Å²) < 4.78 is 19.5. The molecule has 4 atom stereocenters. The van der Waals surface area contributed by atoms with Crippen LogP contribution < -0.4 is 11.0 Å². The van der Waals surface area contributed by atoms with Crippen LogP contribution >= 0.6 is 0 Å². The third-order valence-electron chi connectivity index (χ3n) is 6.36. The van der Waals surface area contributed by atoms with E-state index in [1.165, 1.54) is 23.9 Å². The van der Waals surface area contributed by atoms with Crippen LogP contribution in [0.2, 0.25) is 18.1 Å². The molecule has 1 fully saturated rings. The highest BCUT2D eigenvalue weighted by Crippen LogP contribution is 2.41. The monoisotopic (exact) mass is 475 g/mol. The average Bonchev–Trinajstić information content (AvgIpc) is 3.10. The van der Waals surface area contributed by atoms with Crippen molar-refractivity contribution in [1.82, 2.24) is 9.55 Å². The Balaban J connectivity index is 1.83. The highest BCUT2D eigenvalue weighted by Gasteiger charge is 2.51. The first-order chi connectivity index (χ1) is 15.5. The van der Waals surface area contributed by atoms with Gasteiger partial charge in [-0.15, -0.1) is 0 Å². The van der Waals surface area contributed by atoms with Crippen molar-refractivity contribution in [3.63, 3.8) is 0 Å². The molecule has 0 unspecified atom stereocenters. The number of carbonyl (C=O) groups is 1. The number of nitrogens with one attached hydrogen (secondary N) is 1. The number of methoxy groups -OCH3 is 1. The van der Waals surface area contributed by atoms with Crippen molar-refractivity contribution in [3.8, 4) is 0 Å². The lowest BCUT2D eigenvalue weighted by Crippen LogP contribution is -2.50. The number of ether oxygens (including phenoxy) is 2. The van der Waals surface area contributed by atoms with Gasteiger partial charge in [0.15, 0.2) is 14.5 Å². The van der Waals surface area contributed by atoms with Crippen molar-refractivity contribution in [3.05, 3.63) is 58.6 Å². The van der Waals surface area contributed by atoms with Crippen LogP contribution in [0.5, 0.6) is 0 Å². The van der Waals surface area contributed by atoms with Crippen LogP contribution in [-0.4, -0.2) is 60.9 Å². The molecule has 0 radical (unpaired) electrons. The third kappa shape index (κ3) is 5.41. The van der Waals surface area contributed by atoms with Gasteiger partial charge in [0.05, 0.1) is 6.61 Å². The second kappa shape index (κ2) is 9.86. The summed E-state index contributed by atoms with van der Waals surface area (Å²) in [4.78, 5) is 29.2. The van der Waals surface area contributed by atoms with Crippen LogP contribution in [0.25, 0.3) is 0 Å². The third-order valence-corrected chi connectivity index (χ3v) is 10.8. The van der Waals surface area contributed by atoms with Crippen LogP contribution in [0.3, 0.4) is 0 Å². The average molecular weight is 476 g/mol. The maximum atomic E-state index is 12.8. The Hall–Kier alpha value is -2.37. The quantitative estimate of drug-likeness (QED) is 0.592. The molecule has 180 valence electrons. The molecule has 0 bridgehead atoms. The number of aromatic nitrogens is 2. The summed E-state index contributed by atoms with van der Waals surface area (Å²) in [6, 6.07) is 10.2. The fourth-order valence-corrected chi connectivity index (χ4v) is 4.76. The van der Waals surface area contributed by atoms with Crippen LogP contribution in [0.4, 0.5) is 5.82 Å². The molecule has 3 rings (SSSR count). The van der Waals surface area contributed by atoms with Crippen molar-refractivity contribution in [2.75, 3.05) is 19.0 Å². The van der Waals surface area contributed by atoms with Gasteiger partial charge in [0, 0.05) is 18.9 Å². The molecule has 9 nitrogen and oxygen atoms in total. The molecule has 2 heterocycles. The highest BCUT2D eigenvalue weighted by molar-refractivity contribution is 6.74. The van der Waals surface area contributed by atoms with Gasteiger partial charge in [-0.05, 0) is 36.3 Å². The lowest BCUT2D eigenvalue weighted by Gasteiger charge is -2.40. The Bertz CT molecular complexity index is 1020. The van der Waals surface area contributed by atoms with Crippen LogP contribution in [0, 0.1) is 0 Å². The number of aliphatic hydroxyl groups excluding tert-OH is 1. The molecule has 1 aliphatic heterocycles. The Kier molecular flexibility index (Phi) is 7.54. The Morgan fingerprint density at radius 1 is 1.21 bits per heavy atom. The van der Waals surface area contributed by atoms with Crippen molar-refractivity contribution in [2.24, 2.45) is 0 Å². The molecule has 0 saturated carbocycles. The van der Waals surface area contributed by atoms with Gasteiger partial charge in [-0.25, -0.2) is 4.79 Å². The molecule has 0 spiro atoms. The van der Waals surface area contributed by atoms with Crippen molar-refractivity contribution < 1.29 is 23.8 Å². The minimum Gasteiger partial charge on any atom is -0.408 e. The second-order valence-corrected chi connectivity index (χ2v) is 14.4. The molecule has 1 aromatic carbocycles. The van der Waals surface area contributed by atoms with Crippen LogP contribution in [0.1, 0.15) is 37.4 Å². The molecule has 1 amide bonds. The van der Waals surface area contributed by atoms with Gasteiger partial charge >= 0.3 is 5.69 Å². The van der Waals surface area contributed by atoms with E-state index in [9.17, 15) is 14.7 Å². The van der Waals surface area contributed by atoms with E-state index in [-0.39, 0.29) is 23.4 Å². The van der Waals surface area contributed by atoms with E-state index in [1.807, 2.05) is 6.07 Å². The smallest absolute Gasteiger partial charge is 0.351 e. The number of hydrogen-bond acceptors (Lipinski definition) is 7. The minimum absolute atomic E-state index is 0.0552. The molecular weight excluding hydrogens is 442 g/mol. The van der Waals surface area contributed by atoms with Gasteiger partial charge in [-0.3, -0.25) is 9.36 Å². The van der Waals surface area contributed by atoms with Gasteiger partial charge in [0.2, 0.25) is 0 Å². The molecule has 0 aliphatic carbocycles. The Morgan fingerprint density at radius 2 is 1.88 bits per heavy atom. The number of carbonyl (C=O) groups excluding carboxylic acids is 1. The van der Waals surface area contributed by atoms with E-state index in [1.54, 1.807) is 24.3 Å². The molecule has 1 aromatic heterocycles. The number of aliphatic hydroxyl groups is 1. The van der Waals surface area contributed by atoms with Crippen molar-refractivity contribution in [1.29, 1.82) is 0 Å². The highest BCUT2D eigenvalue weighted by atomic mass is 28.4. The SMILES string of the molecule is CO[C@@H]1[C@H](O[Si](C)(C)C(C)(C)C)[C@@H](CO)O[C@H]1n1ccc(NC(=O)c2ccccc2)nc1=O. The largest absolute Gasteiger partial charge is 0.408 e. The first-order valence-corrected chi connectivity index (χ1v) is 13.8. The van der Waals surface area contributed by atoms with Crippen molar-refractivity contribution >= 4 is 20.0 Å². The number of rotatable bonds is 7. The van der Waals surface area contributed by atoms with Gasteiger partial charge in [0.25, 0.3) is 5.91 Å². The predicted octanol–water partition coefficient (Wildman–Crippen LogP) is 2.79. The number of hydrogen-bond donors (Lipinski definition) is 2. The number of amides is 1. The van der Waals surface area contributed by atoms with Gasteiger partial charge in [0.1, 0.15) is 24.1 Å². The summed E-state index contributed by atoms with van der Waals surface area (Å²) in [6.45, 7) is 10.3. The number of anilines is 1. The van der Waals surface area contributed by atoms with Crippen LogP contribution in [-0.2, 0) is 13.9 Å². The minimum atomic E-state index is -2.21. The zero-order valence-electron chi connectivity index (χ0n) is 19.9. The topological polar surface area (TPSA) is 112 Å². The summed E-state index contributed by atoms with van der Waals surface area (Å²) in [6.07, 6.45) is -1.16. The Morgan fingerprint density at radius 3 is 2.42 bits per heavy atom. The standard InChI is InChI=1S/C23H33N3O6Si/c1-23(2,3)33(5,6)32-18-16(14-27)31-21(19(18)30-4)26-13-12-17(25-22(26)29)24-20(28)15-10-8-7-9-11-15/h7-13,16,18-19,21,27H,14H2,1-6H3,(H,24,25,28,29)/t16-,18-,19-,21-/m1/s1. The zero-order chi connectivity index (χ0) is 24.4. The van der Waals surface area contributed by atoms with Gasteiger partial charge < -0.3 is 24.3 Å². The predicted molar refractivity (Wildman–Crippen MR) is 127 cm³/mol. The maximum Gasteiger partial charge on any atom is 0.351 e. The fourth-order valence-electron chi connectivity index (χ4n) is 3.44. The normalized spacial score (nSPS) is 23.5. The van der Waals surface area contributed by atoms with E-state index in [0.29, 0.717) is 5.56 Å². The number of benzene rings is 1. The summed E-state index contributed by atoms with van der Waals surface area (Å²) in [7, 11) is -0.688. The summed E-state index contributed by atoms with van der Waals surface area (Å²) in [5.41, 5.74) is -0.156. The first-order valence-electron chi connectivity index (χ1n) is 10.9. The summed E-state index contributed by atoms with van der Waals surface area (Å²) in [5.74, 6) is -0.236. The summed E-state index contributed by atoms with van der Waals surface area (Å²) >= 11 is 0. The number of nitrogens with zero attached hydrogens (tertiary/aromatic N) is 2. The molecule has 10 heteroatoms. The fraction of sp³-hybridized carbons (Fsp3) is 0.522. The lowest BCUT2D eigenvalue weighted by molar-refractivity contribution is -0.0624. The second-order valence-electron chi connectivity index (χ2n) is 9.61. The first kappa shape index (κ1) is 25.3. The summed E-state index contributed by atoms with van der Waals surface area (Å²) in [5, 5.41) is 12.5. The van der Waals surface area contributed by atoms with E-state index in [2.05, 4.69) is 44.2 Å². The zero-order valence-corrected chi connectivity index (χ0v) is 20.9. The van der Waals surface area contributed by atoms with E-state index in [4.69, 9.17) is 13.9 Å². The molecule has 2 aromatic rings. The molecule has 1 saturated heterocycles. The van der Waals surface area contributed by atoms with Crippen molar-refractivity contribution in [2.45, 2.75) is 63.4 Å². The maximum absolute atomic E-state index is 12.8. The lowest BCUT2D eigenvalue weighted by atomic mass is 10.1. The van der Waals surface area contributed by atoms with E-state index in [0.717, 1.165) is 0 Å². The Labute approximate surface area is 194 Å². The van der Waals surface area contributed by atoms with Gasteiger partial charge in [-0.1, -0.05) is 39.0 Å². The molecule has 2 N–H and O–H groups in total. The van der Waals surface area contributed by atoms with Crippen LogP contribution in [0.15, 0.2) is 47.4 Å². The van der Waals surface area contributed by atoms with E-state index >= 15 is 0 Å². The van der Waals surface area contributed by atoms with E-state index < -0.39 is 38.5 Å².